The third kappa shape index (κ3) is 3.83. The van der Waals surface area contributed by atoms with Crippen LogP contribution in [0.4, 0.5) is 5.82 Å². The first-order chi connectivity index (χ1) is 6.22. The summed E-state index contributed by atoms with van der Waals surface area (Å²) in [5.74, 6) is 0.769. The SMILES string of the molecule is CSC(C)CNc1ccc(Cl)nn1. The number of aromatic nitrogens is 2. The Hall–Kier alpha value is -0.480. The van der Waals surface area contributed by atoms with Gasteiger partial charge in [-0.25, -0.2) is 0 Å². The molecule has 72 valence electrons. The van der Waals surface area contributed by atoms with Crippen molar-refractivity contribution in [1.82, 2.24) is 10.2 Å². The lowest BCUT2D eigenvalue weighted by molar-refractivity contribution is 0.959. The van der Waals surface area contributed by atoms with Crippen LogP contribution in [0.25, 0.3) is 0 Å². The lowest BCUT2D eigenvalue weighted by atomic mass is 10.4. The number of thioether (sulfide) groups is 1. The molecule has 1 rings (SSSR count). The van der Waals surface area contributed by atoms with E-state index in [-0.39, 0.29) is 0 Å². The van der Waals surface area contributed by atoms with E-state index in [4.69, 9.17) is 11.6 Å². The minimum atomic E-state index is 0.420. The van der Waals surface area contributed by atoms with E-state index in [0.717, 1.165) is 12.4 Å². The van der Waals surface area contributed by atoms with E-state index in [9.17, 15) is 0 Å². The van der Waals surface area contributed by atoms with Gasteiger partial charge in [0.05, 0.1) is 0 Å². The first-order valence-corrected chi connectivity index (χ1v) is 5.65. The average molecular weight is 218 g/mol. The lowest BCUT2D eigenvalue weighted by Gasteiger charge is -2.09. The van der Waals surface area contributed by atoms with Crippen molar-refractivity contribution < 1.29 is 0 Å². The fourth-order valence-corrected chi connectivity index (χ4v) is 1.09. The number of hydrogen-bond donors (Lipinski definition) is 1. The highest BCUT2D eigenvalue weighted by Crippen LogP contribution is 2.08. The summed E-state index contributed by atoms with van der Waals surface area (Å²) in [6.07, 6.45) is 2.08. The second kappa shape index (κ2) is 5.29. The molecule has 3 nitrogen and oxygen atoms in total. The van der Waals surface area contributed by atoms with Gasteiger partial charge in [-0.15, -0.1) is 10.2 Å². The Balaban J connectivity index is 2.41. The summed E-state index contributed by atoms with van der Waals surface area (Å²) in [4.78, 5) is 0. The van der Waals surface area contributed by atoms with Gasteiger partial charge in [0.2, 0.25) is 0 Å². The molecule has 0 saturated heterocycles. The normalized spacial score (nSPS) is 12.5. The molecule has 0 radical (unpaired) electrons. The fraction of sp³-hybridized carbons (Fsp3) is 0.500. The predicted octanol–water partition coefficient (Wildman–Crippen LogP) is 2.29. The molecule has 1 unspecified atom stereocenters. The van der Waals surface area contributed by atoms with Crippen molar-refractivity contribution in [2.75, 3.05) is 18.1 Å². The molecule has 0 amide bonds. The Bertz CT molecular complexity index is 252. The van der Waals surface area contributed by atoms with Crippen molar-refractivity contribution >= 4 is 29.2 Å². The minimum absolute atomic E-state index is 0.420. The predicted molar refractivity (Wildman–Crippen MR) is 58.5 cm³/mol. The summed E-state index contributed by atoms with van der Waals surface area (Å²) in [6.45, 7) is 3.04. The largest absolute Gasteiger partial charge is 0.367 e. The van der Waals surface area contributed by atoms with E-state index < -0.39 is 0 Å². The van der Waals surface area contributed by atoms with Crippen LogP contribution in [0.1, 0.15) is 6.92 Å². The Kier molecular flexibility index (Phi) is 4.32. The second-order valence-corrected chi connectivity index (χ2v) is 4.33. The molecule has 0 aliphatic rings. The maximum atomic E-state index is 5.60. The van der Waals surface area contributed by atoms with E-state index in [1.54, 1.807) is 6.07 Å². The molecule has 0 spiro atoms. The van der Waals surface area contributed by atoms with E-state index in [2.05, 4.69) is 28.7 Å². The lowest BCUT2D eigenvalue weighted by Crippen LogP contribution is -2.13. The van der Waals surface area contributed by atoms with Gasteiger partial charge in [-0.05, 0) is 18.4 Å². The molecule has 0 aliphatic carbocycles. The standard InChI is InChI=1S/C8H12ClN3S/c1-6(13-2)5-10-8-4-3-7(9)11-12-8/h3-4,6H,5H2,1-2H3,(H,10,12). The molecule has 5 heteroatoms. The van der Waals surface area contributed by atoms with Crippen molar-refractivity contribution in [2.24, 2.45) is 0 Å². The van der Waals surface area contributed by atoms with Crippen molar-refractivity contribution in [3.8, 4) is 0 Å². The maximum Gasteiger partial charge on any atom is 0.151 e. The average Bonchev–Trinajstić information content (AvgIpc) is 2.16. The highest BCUT2D eigenvalue weighted by atomic mass is 35.5. The zero-order valence-corrected chi connectivity index (χ0v) is 9.19. The summed E-state index contributed by atoms with van der Waals surface area (Å²) in [5.41, 5.74) is 0. The first-order valence-electron chi connectivity index (χ1n) is 3.98. The van der Waals surface area contributed by atoms with Crippen LogP contribution in [-0.4, -0.2) is 28.2 Å². The Morgan fingerprint density at radius 3 is 2.85 bits per heavy atom. The molecular weight excluding hydrogens is 206 g/mol. The third-order valence-electron chi connectivity index (χ3n) is 1.61. The monoisotopic (exact) mass is 217 g/mol. The maximum absolute atomic E-state index is 5.60. The van der Waals surface area contributed by atoms with E-state index in [0.29, 0.717) is 10.4 Å². The zero-order chi connectivity index (χ0) is 9.68. The van der Waals surface area contributed by atoms with Gasteiger partial charge in [-0.3, -0.25) is 0 Å². The van der Waals surface area contributed by atoms with Crippen molar-refractivity contribution in [1.29, 1.82) is 0 Å². The molecule has 0 saturated carbocycles. The number of anilines is 1. The summed E-state index contributed by atoms with van der Waals surface area (Å²) in [7, 11) is 0. The highest BCUT2D eigenvalue weighted by molar-refractivity contribution is 7.99. The molecule has 1 heterocycles. The number of rotatable bonds is 4. The molecule has 0 aromatic carbocycles. The summed E-state index contributed by atoms with van der Waals surface area (Å²) in [5, 5.41) is 11.8. The summed E-state index contributed by atoms with van der Waals surface area (Å²) in [6, 6.07) is 3.54. The van der Waals surface area contributed by atoms with Crippen molar-refractivity contribution in [3.63, 3.8) is 0 Å². The number of nitrogens with zero attached hydrogens (tertiary/aromatic N) is 2. The van der Waals surface area contributed by atoms with Crippen LogP contribution >= 0.6 is 23.4 Å². The van der Waals surface area contributed by atoms with Crippen LogP contribution in [0.2, 0.25) is 5.15 Å². The van der Waals surface area contributed by atoms with E-state index >= 15 is 0 Å². The van der Waals surface area contributed by atoms with E-state index in [1.807, 2.05) is 17.8 Å². The Morgan fingerprint density at radius 1 is 1.54 bits per heavy atom. The molecule has 1 atom stereocenters. The van der Waals surface area contributed by atoms with Crippen LogP contribution in [0, 0.1) is 0 Å². The Labute approximate surface area is 87.3 Å². The van der Waals surface area contributed by atoms with Gasteiger partial charge in [0.25, 0.3) is 0 Å². The highest BCUT2D eigenvalue weighted by Gasteiger charge is 1.99. The minimum Gasteiger partial charge on any atom is -0.367 e. The van der Waals surface area contributed by atoms with Crippen molar-refractivity contribution in [2.45, 2.75) is 12.2 Å². The van der Waals surface area contributed by atoms with Crippen LogP contribution in [0.15, 0.2) is 12.1 Å². The molecule has 1 N–H and O–H groups in total. The molecule has 1 aromatic rings. The zero-order valence-electron chi connectivity index (χ0n) is 7.62. The summed E-state index contributed by atoms with van der Waals surface area (Å²) < 4.78 is 0. The molecule has 0 fully saturated rings. The second-order valence-electron chi connectivity index (χ2n) is 2.67. The van der Waals surface area contributed by atoms with Gasteiger partial charge in [0, 0.05) is 11.8 Å². The quantitative estimate of drug-likeness (QED) is 0.840. The van der Waals surface area contributed by atoms with E-state index in [1.165, 1.54) is 0 Å². The van der Waals surface area contributed by atoms with Gasteiger partial charge in [-0.1, -0.05) is 18.5 Å². The molecular formula is C8H12ClN3S. The van der Waals surface area contributed by atoms with Crippen LogP contribution in [0.5, 0.6) is 0 Å². The first kappa shape index (κ1) is 10.6. The van der Waals surface area contributed by atoms with Gasteiger partial charge in [-0.2, -0.15) is 11.8 Å². The van der Waals surface area contributed by atoms with Crippen LogP contribution in [-0.2, 0) is 0 Å². The molecule has 1 aromatic heterocycles. The topological polar surface area (TPSA) is 37.8 Å². The molecule has 0 aliphatic heterocycles. The number of nitrogens with one attached hydrogen (secondary N) is 1. The van der Waals surface area contributed by atoms with Gasteiger partial charge < -0.3 is 5.32 Å². The number of hydrogen-bond acceptors (Lipinski definition) is 4. The summed E-state index contributed by atoms with van der Waals surface area (Å²) >= 11 is 7.41. The third-order valence-corrected chi connectivity index (χ3v) is 2.78. The van der Waals surface area contributed by atoms with Gasteiger partial charge >= 0.3 is 0 Å². The van der Waals surface area contributed by atoms with Crippen molar-refractivity contribution in [3.05, 3.63) is 17.3 Å². The van der Waals surface area contributed by atoms with Gasteiger partial charge in [0.15, 0.2) is 5.15 Å². The molecule has 13 heavy (non-hydrogen) atoms. The molecule has 0 bridgehead atoms. The smallest absolute Gasteiger partial charge is 0.151 e. The van der Waals surface area contributed by atoms with Gasteiger partial charge in [0.1, 0.15) is 5.82 Å². The van der Waals surface area contributed by atoms with Crippen LogP contribution in [0.3, 0.4) is 0 Å². The fourth-order valence-electron chi connectivity index (χ4n) is 0.742. The Morgan fingerprint density at radius 2 is 2.31 bits per heavy atom. The number of halogens is 1. The van der Waals surface area contributed by atoms with Crippen LogP contribution < -0.4 is 5.32 Å².